The summed E-state index contributed by atoms with van der Waals surface area (Å²) < 4.78 is 0. The Morgan fingerprint density at radius 3 is 2.63 bits per heavy atom. The Morgan fingerprint density at radius 1 is 1.47 bits per heavy atom. The molecule has 1 aromatic heterocycles. The summed E-state index contributed by atoms with van der Waals surface area (Å²) in [4.78, 5) is 43.6. The number of primary amides is 1. The maximum absolute atomic E-state index is 11.8. The molecular weight excluding hydrogens is 248 g/mol. The summed E-state index contributed by atoms with van der Waals surface area (Å²) in [5.74, 6) is -1.18. The minimum Gasteiger partial charge on any atom is -0.369 e. The van der Waals surface area contributed by atoms with Crippen LogP contribution >= 0.6 is 0 Å². The summed E-state index contributed by atoms with van der Waals surface area (Å²) in [6.07, 6.45) is 1.47. The highest BCUT2D eigenvalue weighted by molar-refractivity contribution is 5.99. The third-order valence-electron chi connectivity index (χ3n) is 3.11. The van der Waals surface area contributed by atoms with E-state index in [0.29, 0.717) is 11.3 Å². The first-order valence-electron chi connectivity index (χ1n) is 5.84. The smallest absolute Gasteiger partial charge is 0.232 e. The van der Waals surface area contributed by atoms with Crippen molar-refractivity contribution in [3.05, 3.63) is 17.5 Å². The Kier molecular flexibility index (Phi) is 3.28. The molecule has 7 heteroatoms. The van der Waals surface area contributed by atoms with Gasteiger partial charge < -0.3 is 5.73 Å². The van der Waals surface area contributed by atoms with Gasteiger partial charge in [-0.05, 0) is 13.8 Å². The van der Waals surface area contributed by atoms with E-state index < -0.39 is 11.8 Å². The number of amides is 2. The van der Waals surface area contributed by atoms with Crippen LogP contribution in [0, 0.1) is 12.8 Å². The monoisotopic (exact) mass is 262 g/mol. The lowest BCUT2D eigenvalue weighted by Gasteiger charge is -2.14. The molecule has 19 heavy (non-hydrogen) atoms. The number of ketones is 1. The maximum atomic E-state index is 11.8. The van der Waals surface area contributed by atoms with E-state index >= 15 is 0 Å². The Bertz CT molecular complexity index is 570. The van der Waals surface area contributed by atoms with Crippen LogP contribution in [0.25, 0.3) is 0 Å². The Hall–Kier alpha value is -2.31. The molecule has 2 rings (SSSR count). The number of rotatable bonds is 3. The zero-order valence-electron chi connectivity index (χ0n) is 10.7. The van der Waals surface area contributed by atoms with Crippen LogP contribution < -0.4 is 10.6 Å². The Labute approximate surface area is 109 Å². The van der Waals surface area contributed by atoms with Crippen LogP contribution in [0.15, 0.2) is 6.20 Å². The van der Waals surface area contributed by atoms with Gasteiger partial charge in [0, 0.05) is 19.2 Å². The summed E-state index contributed by atoms with van der Waals surface area (Å²) in [6.45, 7) is 3.29. The quantitative estimate of drug-likeness (QED) is 0.761. The highest BCUT2D eigenvalue weighted by Crippen LogP contribution is 2.22. The first-order chi connectivity index (χ1) is 8.90. The van der Waals surface area contributed by atoms with Crippen molar-refractivity contribution in [1.29, 1.82) is 0 Å². The molecule has 1 aliphatic heterocycles. The number of nitrogens with zero attached hydrogens (tertiary/aromatic N) is 3. The number of anilines is 1. The number of hydrogen-bond acceptors (Lipinski definition) is 5. The number of nitrogens with two attached hydrogens (primary N) is 1. The summed E-state index contributed by atoms with van der Waals surface area (Å²) >= 11 is 0. The molecule has 0 saturated carbocycles. The maximum Gasteiger partial charge on any atom is 0.232 e. The summed E-state index contributed by atoms with van der Waals surface area (Å²) in [7, 11) is 0. The molecule has 1 fully saturated rings. The molecule has 100 valence electrons. The largest absolute Gasteiger partial charge is 0.369 e. The van der Waals surface area contributed by atoms with Gasteiger partial charge in [0.2, 0.25) is 17.8 Å². The van der Waals surface area contributed by atoms with Crippen molar-refractivity contribution < 1.29 is 14.4 Å². The molecule has 7 nitrogen and oxygen atoms in total. The standard InChI is InChI=1S/C12H14N4O3/c1-6-9(7(2)17)4-14-12(15-6)16-5-8(11(13)19)3-10(16)18/h4,8H,3,5H2,1-2H3,(H2,13,19). The molecule has 1 aliphatic rings. The lowest BCUT2D eigenvalue weighted by atomic mass is 10.1. The molecule has 0 spiro atoms. The van der Waals surface area contributed by atoms with Crippen molar-refractivity contribution in [3.8, 4) is 0 Å². The van der Waals surface area contributed by atoms with E-state index in [1.807, 2.05) is 0 Å². The van der Waals surface area contributed by atoms with E-state index in [2.05, 4.69) is 9.97 Å². The third kappa shape index (κ3) is 2.44. The number of Topliss-reactive ketones (excluding diaryl/α,β-unsaturated/α-hetero) is 1. The summed E-state index contributed by atoms with van der Waals surface area (Å²) in [5, 5.41) is 0. The zero-order chi connectivity index (χ0) is 14.2. The normalized spacial score (nSPS) is 18.7. The molecule has 2 amide bonds. The van der Waals surface area contributed by atoms with E-state index in [0.717, 1.165) is 0 Å². The fourth-order valence-electron chi connectivity index (χ4n) is 2.02. The van der Waals surface area contributed by atoms with Crippen molar-refractivity contribution in [1.82, 2.24) is 9.97 Å². The van der Waals surface area contributed by atoms with Gasteiger partial charge in [-0.1, -0.05) is 0 Å². The lowest BCUT2D eigenvalue weighted by Crippen LogP contribution is -2.30. The van der Waals surface area contributed by atoms with Crippen LogP contribution in [-0.2, 0) is 9.59 Å². The van der Waals surface area contributed by atoms with Crippen molar-refractivity contribution in [2.75, 3.05) is 11.4 Å². The lowest BCUT2D eigenvalue weighted by molar-refractivity contribution is -0.123. The molecule has 2 N–H and O–H groups in total. The minimum absolute atomic E-state index is 0.0756. The first-order valence-corrected chi connectivity index (χ1v) is 5.84. The van der Waals surface area contributed by atoms with Gasteiger partial charge in [-0.15, -0.1) is 0 Å². The number of aromatic nitrogens is 2. The summed E-state index contributed by atoms with van der Waals surface area (Å²) in [6, 6.07) is 0. The molecular formula is C12H14N4O3. The van der Waals surface area contributed by atoms with Gasteiger partial charge in [0.1, 0.15) is 0 Å². The van der Waals surface area contributed by atoms with Crippen molar-refractivity contribution in [2.45, 2.75) is 20.3 Å². The number of carbonyl (C=O) groups excluding carboxylic acids is 3. The van der Waals surface area contributed by atoms with Crippen molar-refractivity contribution in [2.24, 2.45) is 11.7 Å². The van der Waals surface area contributed by atoms with E-state index in [4.69, 9.17) is 5.73 Å². The molecule has 2 heterocycles. The van der Waals surface area contributed by atoms with E-state index in [-0.39, 0.29) is 30.6 Å². The minimum atomic E-state index is -0.510. The second-order valence-electron chi connectivity index (χ2n) is 4.53. The predicted octanol–water partition coefficient (Wildman–Crippen LogP) is -0.174. The SMILES string of the molecule is CC(=O)c1cnc(N2CC(C(N)=O)CC2=O)nc1C. The average Bonchev–Trinajstić information content (AvgIpc) is 2.71. The topological polar surface area (TPSA) is 106 Å². The third-order valence-corrected chi connectivity index (χ3v) is 3.11. The van der Waals surface area contributed by atoms with Crippen molar-refractivity contribution in [3.63, 3.8) is 0 Å². The number of carbonyl (C=O) groups is 3. The van der Waals surface area contributed by atoms with E-state index in [1.54, 1.807) is 6.92 Å². The molecule has 1 unspecified atom stereocenters. The van der Waals surface area contributed by atoms with Gasteiger partial charge in [-0.3, -0.25) is 19.3 Å². The molecule has 0 radical (unpaired) electrons. The number of hydrogen-bond donors (Lipinski definition) is 1. The van der Waals surface area contributed by atoms with Crippen LogP contribution in [0.1, 0.15) is 29.4 Å². The Morgan fingerprint density at radius 2 is 2.16 bits per heavy atom. The first kappa shape index (κ1) is 13.1. The van der Waals surface area contributed by atoms with Gasteiger partial charge in [0.05, 0.1) is 17.2 Å². The van der Waals surface area contributed by atoms with E-state index in [9.17, 15) is 14.4 Å². The van der Waals surface area contributed by atoms with Gasteiger partial charge in [0.25, 0.3) is 0 Å². The molecule has 1 atom stereocenters. The zero-order valence-corrected chi connectivity index (χ0v) is 10.7. The highest BCUT2D eigenvalue weighted by Gasteiger charge is 2.35. The average molecular weight is 262 g/mol. The molecule has 1 saturated heterocycles. The van der Waals surface area contributed by atoms with Gasteiger partial charge in [-0.25, -0.2) is 9.97 Å². The second-order valence-corrected chi connectivity index (χ2v) is 4.53. The van der Waals surface area contributed by atoms with Crippen molar-refractivity contribution >= 4 is 23.5 Å². The fraction of sp³-hybridized carbons (Fsp3) is 0.417. The van der Waals surface area contributed by atoms with Crippen LogP contribution in [0.4, 0.5) is 5.95 Å². The second kappa shape index (κ2) is 4.75. The van der Waals surface area contributed by atoms with Gasteiger partial charge in [0.15, 0.2) is 5.78 Å². The molecule has 1 aromatic rings. The van der Waals surface area contributed by atoms with Crippen LogP contribution in [0.2, 0.25) is 0 Å². The summed E-state index contributed by atoms with van der Waals surface area (Å²) in [5.41, 5.74) is 6.12. The Balaban J connectivity index is 2.28. The highest BCUT2D eigenvalue weighted by atomic mass is 16.2. The van der Waals surface area contributed by atoms with Crippen LogP contribution in [0.5, 0.6) is 0 Å². The fourth-order valence-corrected chi connectivity index (χ4v) is 2.02. The van der Waals surface area contributed by atoms with Crippen LogP contribution in [0.3, 0.4) is 0 Å². The molecule has 0 aromatic carbocycles. The van der Waals surface area contributed by atoms with Crippen LogP contribution in [-0.4, -0.2) is 34.1 Å². The predicted molar refractivity (Wildman–Crippen MR) is 66.4 cm³/mol. The molecule has 0 aliphatic carbocycles. The molecule has 0 bridgehead atoms. The number of aryl methyl sites for hydroxylation is 1. The van der Waals surface area contributed by atoms with E-state index in [1.165, 1.54) is 18.0 Å². The van der Waals surface area contributed by atoms with Gasteiger partial charge in [-0.2, -0.15) is 0 Å². The van der Waals surface area contributed by atoms with Gasteiger partial charge >= 0.3 is 0 Å².